The third-order valence-electron chi connectivity index (χ3n) is 3.56. The second-order valence-electron chi connectivity index (χ2n) is 4.95. The van der Waals surface area contributed by atoms with E-state index in [2.05, 4.69) is 12.6 Å². The molecule has 2 nitrogen and oxygen atoms in total. The van der Waals surface area contributed by atoms with Crippen LogP contribution < -0.4 is 4.90 Å². The van der Waals surface area contributed by atoms with Crippen LogP contribution in [0.5, 0.6) is 0 Å². The first-order chi connectivity index (χ1) is 8.60. The molecule has 1 amide bonds. The van der Waals surface area contributed by atoms with Crippen molar-refractivity contribution in [3.8, 4) is 0 Å². The highest BCUT2D eigenvalue weighted by Gasteiger charge is 2.43. The molecule has 0 saturated heterocycles. The van der Waals surface area contributed by atoms with E-state index in [1.54, 1.807) is 17.0 Å². The van der Waals surface area contributed by atoms with Gasteiger partial charge in [-0.05, 0) is 49.1 Å². The Hall–Kier alpha value is -1.03. The standard InChI is InChI=1S/C14H18FNOS/c1-2-16(12-5-3-4-11(15)8-12)13(17)9-14(10-18)6-7-14/h3-5,8,18H,2,6-7,9-10H2,1H3. The predicted molar refractivity (Wildman–Crippen MR) is 74.6 cm³/mol. The van der Waals surface area contributed by atoms with Crippen molar-refractivity contribution in [2.45, 2.75) is 26.2 Å². The molecule has 4 heteroatoms. The van der Waals surface area contributed by atoms with E-state index < -0.39 is 0 Å². The molecule has 0 unspecified atom stereocenters. The number of thiol groups is 1. The van der Waals surface area contributed by atoms with Crippen LogP contribution in [0.2, 0.25) is 0 Å². The molecule has 0 aromatic heterocycles. The average Bonchev–Trinajstić information content (AvgIpc) is 3.10. The van der Waals surface area contributed by atoms with Crippen molar-refractivity contribution in [2.24, 2.45) is 5.41 Å². The van der Waals surface area contributed by atoms with Gasteiger partial charge in [-0.25, -0.2) is 4.39 Å². The number of benzene rings is 1. The molecular formula is C14H18FNOS. The maximum atomic E-state index is 13.2. The number of hydrogen-bond acceptors (Lipinski definition) is 2. The minimum absolute atomic E-state index is 0.0645. The molecule has 98 valence electrons. The number of halogens is 1. The van der Waals surface area contributed by atoms with Gasteiger partial charge in [0.25, 0.3) is 0 Å². The fraction of sp³-hybridized carbons (Fsp3) is 0.500. The number of nitrogens with zero attached hydrogens (tertiary/aromatic N) is 1. The molecule has 0 aliphatic heterocycles. The smallest absolute Gasteiger partial charge is 0.227 e. The van der Waals surface area contributed by atoms with Crippen molar-refractivity contribution < 1.29 is 9.18 Å². The van der Waals surface area contributed by atoms with Crippen LogP contribution in [0, 0.1) is 11.2 Å². The quantitative estimate of drug-likeness (QED) is 0.812. The Labute approximate surface area is 113 Å². The van der Waals surface area contributed by atoms with E-state index >= 15 is 0 Å². The van der Waals surface area contributed by atoms with Crippen molar-refractivity contribution in [1.29, 1.82) is 0 Å². The predicted octanol–water partition coefficient (Wildman–Crippen LogP) is 3.28. The molecule has 18 heavy (non-hydrogen) atoms. The normalized spacial score (nSPS) is 16.4. The first kappa shape index (κ1) is 13.4. The molecule has 0 N–H and O–H groups in total. The molecule has 1 aromatic rings. The van der Waals surface area contributed by atoms with Crippen molar-refractivity contribution in [2.75, 3.05) is 17.2 Å². The zero-order chi connectivity index (χ0) is 13.2. The molecule has 0 radical (unpaired) electrons. The second-order valence-corrected chi connectivity index (χ2v) is 5.27. The van der Waals surface area contributed by atoms with E-state index in [0.29, 0.717) is 18.7 Å². The highest BCUT2D eigenvalue weighted by Crippen LogP contribution is 2.50. The minimum Gasteiger partial charge on any atom is -0.313 e. The number of carbonyl (C=O) groups is 1. The van der Waals surface area contributed by atoms with Crippen LogP contribution in [-0.2, 0) is 4.79 Å². The first-order valence-electron chi connectivity index (χ1n) is 6.27. The van der Waals surface area contributed by atoms with Gasteiger partial charge < -0.3 is 4.90 Å². The lowest BCUT2D eigenvalue weighted by Crippen LogP contribution is -2.32. The van der Waals surface area contributed by atoms with Gasteiger partial charge in [0, 0.05) is 18.7 Å². The van der Waals surface area contributed by atoms with Crippen LogP contribution in [0.3, 0.4) is 0 Å². The maximum Gasteiger partial charge on any atom is 0.227 e. The summed E-state index contributed by atoms with van der Waals surface area (Å²) < 4.78 is 13.2. The van der Waals surface area contributed by atoms with Crippen LogP contribution in [0.4, 0.5) is 10.1 Å². The number of anilines is 1. The van der Waals surface area contributed by atoms with Gasteiger partial charge in [0.05, 0.1) is 0 Å². The van der Waals surface area contributed by atoms with Crippen molar-refractivity contribution in [1.82, 2.24) is 0 Å². The molecule has 0 atom stereocenters. The van der Waals surface area contributed by atoms with Crippen LogP contribution in [0.15, 0.2) is 24.3 Å². The lowest BCUT2D eigenvalue weighted by Gasteiger charge is -2.23. The van der Waals surface area contributed by atoms with Gasteiger partial charge in [0.15, 0.2) is 0 Å². The van der Waals surface area contributed by atoms with Gasteiger partial charge >= 0.3 is 0 Å². The first-order valence-corrected chi connectivity index (χ1v) is 6.90. The molecule has 0 spiro atoms. The third-order valence-corrected chi connectivity index (χ3v) is 4.23. The number of hydrogen-bond donors (Lipinski definition) is 1. The fourth-order valence-electron chi connectivity index (χ4n) is 2.13. The van der Waals surface area contributed by atoms with Gasteiger partial charge in [-0.15, -0.1) is 0 Å². The molecule has 1 aliphatic carbocycles. The largest absolute Gasteiger partial charge is 0.313 e. The van der Waals surface area contributed by atoms with E-state index in [0.717, 1.165) is 18.6 Å². The summed E-state index contributed by atoms with van der Waals surface area (Å²) in [5.74, 6) is 0.503. The summed E-state index contributed by atoms with van der Waals surface area (Å²) in [7, 11) is 0. The second kappa shape index (κ2) is 5.31. The number of carbonyl (C=O) groups excluding carboxylic acids is 1. The molecule has 1 aliphatic rings. The topological polar surface area (TPSA) is 20.3 Å². The highest BCUT2D eigenvalue weighted by atomic mass is 32.1. The maximum absolute atomic E-state index is 13.2. The van der Waals surface area contributed by atoms with Crippen molar-refractivity contribution in [3.63, 3.8) is 0 Å². The Bertz CT molecular complexity index is 445. The average molecular weight is 267 g/mol. The van der Waals surface area contributed by atoms with Gasteiger partial charge in [0.1, 0.15) is 5.82 Å². The molecule has 0 bridgehead atoms. The van der Waals surface area contributed by atoms with Crippen molar-refractivity contribution in [3.05, 3.63) is 30.1 Å². The van der Waals surface area contributed by atoms with Crippen LogP contribution in [0.25, 0.3) is 0 Å². The van der Waals surface area contributed by atoms with E-state index in [-0.39, 0.29) is 17.1 Å². The van der Waals surface area contributed by atoms with E-state index in [4.69, 9.17) is 0 Å². The van der Waals surface area contributed by atoms with Crippen LogP contribution >= 0.6 is 12.6 Å². The van der Waals surface area contributed by atoms with Crippen LogP contribution in [-0.4, -0.2) is 18.2 Å². The van der Waals surface area contributed by atoms with Gasteiger partial charge in [-0.2, -0.15) is 12.6 Å². The lowest BCUT2D eigenvalue weighted by molar-refractivity contribution is -0.119. The van der Waals surface area contributed by atoms with Gasteiger partial charge in [-0.3, -0.25) is 4.79 Å². The van der Waals surface area contributed by atoms with Crippen molar-refractivity contribution >= 4 is 24.2 Å². The summed E-state index contributed by atoms with van der Waals surface area (Å²) >= 11 is 4.31. The lowest BCUT2D eigenvalue weighted by atomic mass is 10.0. The number of amides is 1. The fourth-order valence-corrected chi connectivity index (χ4v) is 2.56. The summed E-state index contributed by atoms with van der Waals surface area (Å²) in [6.07, 6.45) is 2.66. The molecule has 1 aromatic carbocycles. The van der Waals surface area contributed by atoms with E-state index in [9.17, 15) is 9.18 Å². The van der Waals surface area contributed by atoms with Gasteiger partial charge in [-0.1, -0.05) is 6.07 Å². The summed E-state index contributed by atoms with van der Waals surface area (Å²) in [4.78, 5) is 13.9. The number of rotatable bonds is 5. The Morgan fingerprint density at radius 3 is 2.72 bits per heavy atom. The summed E-state index contributed by atoms with van der Waals surface area (Å²) in [5.41, 5.74) is 0.735. The Morgan fingerprint density at radius 1 is 1.50 bits per heavy atom. The SMILES string of the molecule is CCN(C(=O)CC1(CS)CC1)c1cccc(F)c1. The molecule has 0 heterocycles. The summed E-state index contributed by atoms with van der Waals surface area (Å²) in [6, 6.07) is 6.19. The Balaban J connectivity index is 2.11. The molecule has 1 saturated carbocycles. The third kappa shape index (κ3) is 2.86. The molecule has 1 fully saturated rings. The minimum atomic E-state index is -0.311. The summed E-state index contributed by atoms with van der Waals surface area (Å²) in [5, 5.41) is 0. The summed E-state index contributed by atoms with van der Waals surface area (Å²) in [6.45, 7) is 2.47. The van der Waals surface area contributed by atoms with Crippen LogP contribution in [0.1, 0.15) is 26.2 Å². The highest BCUT2D eigenvalue weighted by molar-refractivity contribution is 7.80. The molecule has 2 rings (SSSR count). The van der Waals surface area contributed by atoms with E-state index in [1.807, 2.05) is 6.92 Å². The monoisotopic (exact) mass is 267 g/mol. The van der Waals surface area contributed by atoms with E-state index in [1.165, 1.54) is 12.1 Å². The molecular weight excluding hydrogens is 249 g/mol. The zero-order valence-corrected chi connectivity index (χ0v) is 11.4. The Kier molecular flexibility index (Phi) is 3.95. The van der Waals surface area contributed by atoms with Gasteiger partial charge in [0.2, 0.25) is 5.91 Å². The Morgan fingerprint density at radius 2 is 2.22 bits per heavy atom. The zero-order valence-electron chi connectivity index (χ0n) is 10.5.